The number of carbonyl (C=O) groups is 1. The van der Waals surface area contributed by atoms with Crippen LogP contribution in [0.4, 0.5) is 0 Å². The van der Waals surface area contributed by atoms with E-state index < -0.39 is 0 Å². The minimum atomic E-state index is -0.144. The van der Waals surface area contributed by atoms with Crippen molar-refractivity contribution in [2.75, 3.05) is 19.6 Å². The van der Waals surface area contributed by atoms with E-state index in [9.17, 15) is 4.79 Å². The van der Waals surface area contributed by atoms with Gasteiger partial charge in [-0.15, -0.1) is 0 Å². The first kappa shape index (κ1) is 14.8. The number of hydrogen-bond acceptors (Lipinski definition) is 4. The zero-order valence-corrected chi connectivity index (χ0v) is 12.8. The molecule has 1 atom stereocenters. The molecule has 22 heavy (non-hydrogen) atoms. The number of aromatic amines is 1. The average Bonchev–Trinajstić information content (AvgIpc) is 3.17. The second kappa shape index (κ2) is 6.79. The highest BCUT2D eigenvalue weighted by atomic mass is 16.3. The number of nitrogens with zero attached hydrogens (tertiary/aromatic N) is 1. The van der Waals surface area contributed by atoms with Gasteiger partial charge in [-0.25, -0.2) is 0 Å². The molecular formula is C16H22N4O2. The molecule has 1 amide bonds. The number of hydrogen-bond donors (Lipinski definition) is 3. The zero-order valence-electron chi connectivity index (χ0n) is 12.8. The van der Waals surface area contributed by atoms with Crippen LogP contribution < -0.4 is 10.6 Å². The Hall–Kier alpha value is -2.08. The quantitative estimate of drug-likeness (QED) is 0.790. The second-order valence-corrected chi connectivity index (χ2v) is 5.83. The first-order valence-corrected chi connectivity index (χ1v) is 7.83. The first-order chi connectivity index (χ1) is 10.7. The maximum Gasteiger partial charge on any atom is 0.271 e. The van der Waals surface area contributed by atoms with E-state index in [1.54, 1.807) is 6.07 Å². The van der Waals surface area contributed by atoms with Crippen LogP contribution in [0.15, 0.2) is 22.6 Å². The molecular weight excluding hydrogens is 280 g/mol. The number of rotatable bonds is 5. The van der Waals surface area contributed by atoms with Gasteiger partial charge in [-0.3, -0.25) is 9.89 Å². The molecule has 1 aliphatic rings. The summed E-state index contributed by atoms with van der Waals surface area (Å²) in [6, 6.07) is 5.46. The van der Waals surface area contributed by atoms with Gasteiger partial charge in [-0.2, -0.15) is 5.10 Å². The maximum absolute atomic E-state index is 12.1. The van der Waals surface area contributed by atoms with Gasteiger partial charge in [0.2, 0.25) is 0 Å². The van der Waals surface area contributed by atoms with Crippen molar-refractivity contribution in [3.63, 3.8) is 0 Å². The third-order valence-corrected chi connectivity index (χ3v) is 4.05. The summed E-state index contributed by atoms with van der Waals surface area (Å²) in [5, 5.41) is 13.2. The highest BCUT2D eigenvalue weighted by molar-refractivity contribution is 5.93. The number of furan rings is 1. The minimum absolute atomic E-state index is 0.144. The van der Waals surface area contributed by atoms with Crippen molar-refractivity contribution in [3.05, 3.63) is 29.7 Å². The lowest BCUT2D eigenvalue weighted by molar-refractivity contribution is 0.0945. The predicted octanol–water partition coefficient (Wildman–Crippen LogP) is 2.10. The Morgan fingerprint density at radius 1 is 1.50 bits per heavy atom. The number of aromatic nitrogens is 2. The number of aryl methyl sites for hydroxylation is 1. The maximum atomic E-state index is 12.1. The molecule has 0 spiro atoms. The monoisotopic (exact) mass is 302 g/mol. The smallest absolute Gasteiger partial charge is 0.271 e. The van der Waals surface area contributed by atoms with Crippen LogP contribution in [-0.4, -0.2) is 35.7 Å². The van der Waals surface area contributed by atoms with Crippen LogP contribution in [0.5, 0.6) is 0 Å². The van der Waals surface area contributed by atoms with Gasteiger partial charge < -0.3 is 15.1 Å². The molecule has 0 saturated carbocycles. The average molecular weight is 302 g/mol. The summed E-state index contributed by atoms with van der Waals surface area (Å²) in [5.74, 6) is 2.04. The van der Waals surface area contributed by atoms with E-state index in [4.69, 9.17) is 4.42 Å². The SMILES string of the molecule is Cc1ccc(-c2cc(C(=O)NCCC3CCCNC3)n[nH]2)o1. The molecule has 3 rings (SSSR count). The standard InChI is InChI=1S/C16H22N4O2/c1-11-4-5-15(22-11)13-9-14(20-19-13)16(21)18-8-6-12-3-2-7-17-10-12/h4-5,9,12,17H,2-3,6-8,10H2,1H3,(H,18,21)(H,19,20). The van der Waals surface area contributed by atoms with Crippen molar-refractivity contribution in [1.29, 1.82) is 0 Å². The van der Waals surface area contributed by atoms with Crippen molar-refractivity contribution in [2.45, 2.75) is 26.2 Å². The fraction of sp³-hybridized carbons (Fsp3) is 0.500. The van der Waals surface area contributed by atoms with Gasteiger partial charge in [0.05, 0.1) is 0 Å². The molecule has 1 aliphatic heterocycles. The van der Waals surface area contributed by atoms with Gasteiger partial charge in [0.25, 0.3) is 5.91 Å². The third-order valence-electron chi connectivity index (χ3n) is 4.05. The lowest BCUT2D eigenvalue weighted by Gasteiger charge is -2.22. The highest BCUT2D eigenvalue weighted by Gasteiger charge is 2.15. The van der Waals surface area contributed by atoms with Crippen molar-refractivity contribution >= 4 is 5.91 Å². The summed E-state index contributed by atoms with van der Waals surface area (Å²) in [7, 11) is 0. The van der Waals surface area contributed by atoms with E-state index in [-0.39, 0.29) is 5.91 Å². The molecule has 6 nitrogen and oxygen atoms in total. The van der Waals surface area contributed by atoms with Gasteiger partial charge in [-0.05, 0) is 57.3 Å². The van der Waals surface area contributed by atoms with E-state index in [1.165, 1.54) is 12.8 Å². The molecule has 3 N–H and O–H groups in total. The van der Waals surface area contributed by atoms with Gasteiger partial charge in [0, 0.05) is 12.6 Å². The largest absolute Gasteiger partial charge is 0.460 e. The summed E-state index contributed by atoms with van der Waals surface area (Å²) in [4.78, 5) is 12.1. The van der Waals surface area contributed by atoms with Crippen LogP contribution in [0, 0.1) is 12.8 Å². The molecule has 1 fully saturated rings. The minimum Gasteiger partial charge on any atom is -0.460 e. The van der Waals surface area contributed by atoms with E-state index in [0.717, 1.165) is 31.0 Å². The van der Waals surface area contributed by atoms with Gasteiger partial charge >= 0.3 is 0 Å². The van der Waals surface area contributed by atoms with Crippen molar-refractivity contribution in [1.82, 2.24) is 20.8 Å². The fourth-order valence-electron chi connectivity index (χ4n) is 2.79. The molecule has 0 aliphatic carbocycles. The molecule has 0 bridgehead atoms. The third kappa shape index (κ3) is 3.57. The lowest BCUT2D eigenvalue weighted by atomic mass is 9.96. The zero-order chi connectivity index (χ0) is 15.4. The fourth-order valence-corrected chi connectivity index (χ4v) is 2.79. The number of carbonyl (C=O) groups excluding carboxylic acids is 1. The second-order valence-electron chi connectivity index (χ2n) is 5.83. The summed E-state index contributed by atoms with van der Waals surface area (Å²) in [5.41, 5.74) is 1.11. The molecule has 118 valence electrons. The Kier molecular flexibility index (Phi) is 4.58. The number of H-pyrrole nitrogens is 1. The van der Waals surface area contributed by atoms with Crippen LogP contribution >= 0.6 is 0 Å². The van der Waals surface area contributed by atoms with Crippen molar-refractivity contribution in [2.24, 2.45) is 5.92 Å². The molecule has 1 saturated heterocycles. The molecule has 2 aromatic rings. The van der Waals surface area contributed by atoms with Crippen molar-refractivity contribution in [3.8, 4) is 11.5 Å². The molecule has 0 radical (unpaired) electrons. The van der Waals surface area contributed by atoms with E-state index in [0.29, 0.717) is 23.9 Å². The van der Waals surface area contributed by atoms with Gasteiger partial charge in [-0.1, -0.05) is 0 Å². The summed E-state index contributed by atoms with van der Waals surface area (Å²) < 4.78 is 5.51. The van der Waals surface area contributed by atoms with Gasteiger partial charge in [0.1, 0.15) is 11.5 Å². The number of nitrogens with one attached hydrogen (secondary N) is 3. The highest BCUT2D eigenvalue weighted by Crippen LogP contribution is 2.20. The Bertz CT molecular complexity index is 626. The predicted molar refractivity (Wildman–Crippen MR) is 83.6 cm³/mol. The van der Waals surface area contributed by atoms with E-state index in [1.807, 2.05) is 19.1 Å². The van der Waals surface area contributed by atoms with Crippen molar-refractivity contribution < 1.29 is 9.21 Å². The van der Waals surface area contributed by atoms with E-state index in [2.05, 4.69) is 20.8 Å². The summed E-state index contributed by atoms with van der Waals surface area (Å²) in [6.07, 6.45) is 3.48. The molecule has 3 heterocycles. The number of piperidine rings is 1. The molecule has 1 unspecified atom stereocenters. The molecule has 2 aromatic heterocycles. The topological polar surface area (TPSA) is 83.0 Å². The normalized spacial score (nSPS) is 18.3. The van der Waals surface area contributed by atoms with Crippen LogP contribution in [0.3, 0.4) is 0 Å². The Balaban J connectivity index is 1.51. The molecule has 0 aromatic carbocycles. The van der Waals surface area contributed by atoms with Gasteiger partial charge in [0.15, 0.2) is 11.5 Å². The lowest BCUT2D eigenvalue weighted by Crippen LogP contribution is -2.33. The van der Waals surface area contributed by atoms with Crippen LogP contribution in [-0.2, 0) is 0 Å². The van der Waals surface area contributed by atoms with Crippen LogP contribution in [0.1, 0.15) is 35.5 Å². The Morgan fingerprint density at radius 2 is 2.41 bits per heavy atom. The van der Waals surface area contributed by atoms with Crippen LogP contribution in [0.2, 0.25) is 0 Å². The summed E-state index contributed by atoms with van der Waals surface area (Å²) >= 11 is 0. The first-order valence-electron chi connectivity index (χ1n) is 7.83. The summed E-state index contributed by atoms with van der Waals surface area (Å²) in [6.45, 7) is 4.74. The van der Waals surface area contributed by atoms with E-state index >= 15 is 0 Å². The molecule has 6 heteroatoms. The Labute approximate surface area is 129 Å². The number of amides is 1. The van der Waals surface area contributed by atoms with Crippen LogP contribution in [0.25, 0.3) is 11.5 Å². The Morgan fingerprint density at radius 3 is 3.14 bits per heavy atom.